The van der Waals surface area contributed by atoms with E-state index in [-0.39, 0.29) is 17.6 Å². The van der Waals surface area contributed by atoms with Crippen LogP contribution in [0.3, 0.4) is 0 Å². The van der Waals surface area contributed by atoms with Crippen molar-refractivity contribution in [1.29, 1.82) is 0 Å². The predicted molar refractivity (Wildman–Crippen MR) is 80.3 cm³/mol. The number of halogens is 1. The largest absolute Gasteiger partial charge is 0.494 e. The Labute approximate surface area is 124 Å². The molecule has 0 bridgehead atoms. The zero-order valence-electron chi connectivity index (χ0n) is 12.1. The first-order valence-electron chi connectivity index (χ1n) is 6.91. The fourth-order valence-electron chi connectivity index (χ4n) is 2.27. The standard InChI is InChI=1S/C16H20FN3O/c1-21-15-4-2-3-13(16(15)17)11-14(20-18)6-5-12-7-9-19-10-8-12/h2-4,7-10,14,20H,5-6,11,18H2,1H3. The van der Waals surface area contributed by atoms with E-state index in [1.807, 2.05) is 12.1 Å². The molecule has 2 aromatic rings. The van der Waals surface area contributed by atoms with Crippen molar-refractivity contribution in [1.82, 2.24) is 10.4 Å². The molecule has 0 saturated heterocycles. The number of nitrogens with two attached hydrogens (primary N) is 1. The molecule has 5 heteroatoms. The summed E-state index contributed by atoms with van der Waals surface area (Å²) in [6.07, 6.45) is 5.73. The van der Waals surface area contributed by atoms with Gasteiger partial charge in [-0.05, 0) is 48.6 Å². The maximum Gasteiger partial charge on any atom is 0.168 e. The van der Waals surface area contributed by atoms with E-state index in [2.05, 4.69) is 10.4 Å². The molecule has 1 unspecified atom stereocenters. The van der Waals surface area contributed by atoms with Crippen LogP contribution in [0.5, 0.6) is 5.75 Å². The molecule has 0 amide bonds. The maximum absolute atomic E-state index is 14.1. The van der Waals surface area contributed by atoms with Crippen LogP contribution in [-0.2, 0) is 12.8 Å². The minimum Gasteiger partial charge on any atom is -0.494 e. The molecule has 0 spiro atoms. The smallest absolute Gasteiger partial charge is 0.168 e. The van der Waals surface area contributed by atoms with Gasteiger partial charge in [0.25, 0.3) is 0 Å². The van der Waals surface area contributed by atoms with Crippen LogP contribution in [0.1, 0.15) is 17.5 Å². The highest BCUT2D eigenvalue weighted by Crippen LogP contribution is 2.21. The van der Waals surface area contributed by atoms with Gasteiger partial charge in [-0.1, -0.05) is 12.1 Å². The van der Waals surface area contributed by atoms with Gasteiger partial charge in [0.05, 0.1) is 7.11 Å². The predicted octanol–water partition coefficient (Wildman–Crippen LogP) is 2.24. The molecule has 1 atom stereocenters. The van der Waals surface area contributed by atoms with Gasteiger partial charge in [-0.2, -0.15) is 0 Å². The Hall–Kier alpha value is -1.98. The molecular weight excluding hydrogens is 269 g/mol. The van der Waals surface area contributed by atoms with E-state index in [9.17, 15) is 4.39 Å². The third-order valence-corrected chi connectivity index (χ3v) is 3.50. The Kier molecular flexibility index (Phi) is 5.66. The van der Waals surface area contributed by atoms with Crippen LogP contribution < -0.4 is 16.0 Å². The zero-order chi connectivity index (χ0) is 15.1. The summed E-state index contributed by atoms with van der Waals surface area (Å²) in [5, 5.41) is 0. The molecule has 4 nitrogen and oxygen atoms in total. The molecule has 0 saturated carbocycles. The molecule has 112 valence electrons. The van der Waals surface area contributed by atoms with E-state index in [4.69, 9.17) is 10.6 Å². The topological polar surface area (TPSA) is 60.2 Å². The summed E-state index contributed by atoms with van der Waals surface area (Å²) >= 11 is 0. The Morgan fingerprint density at radius 3 is 2.71 bits per heavy atom. The summed E-state index contributed by atoms with van der Waals surface area (Å²) in [5.41, 5.74) is 4.56. The summed E-state index contributed by atoms with van der Waals surface area (Å²) in [4.78, 5) is 3.99. The van der Waals surface area contributed by atoms with E-state index < -0.39 is 0 Å². The Morgan fingerprint density at radius 2 is 2.05 bits per heavy atom. The average molecular weight is 289 g/mol. The SMILES string of the molecule is COc1cccc(CC(CCc2ccncc2)NN)c1F. The first-order valence-corrected chi connectivity index (χ1v) is 6.91. The van der Waals surface area contributed by atoms with Crippen molar-refractivity contribution in [3.63, 3.8) is 0 Å². The number of nitrogens with one attached hydrogen (secondary N) is 1. The van der Waals surface area contributed by atoms with Crippen molar-refractivity contribution < 1.29 is 9.13 Å². The van der Waals surface area contributed by atoms with Crippen LogP contribution >= 0.6 is 0 Å². The second kappa shape index (κ2) is 7.71. The second-order valence-corrected chi connectivity index (χ2v) is 4.90. The first-order chi connectivity index (χ1) is 10.2. The second-order valence-electron chi connectivity index (χ2n) is 4.90. The van der Waals surface area contributed by atoms with E-state index in [1.165, 1.54) is 12.7 Å². The third-order valence-electron chi connectivity index (χ3n) is 3.50. The number of hydrogen-bond acceptors (Lipinski definition) is 4. The van der Waals surface area contributed by atoms with E-state index >= 15 is 0 Å². The van der Waals surface area contributed by atoms with Gasteiger partial charge in [0.2, 0.25) is 0 Å². The van der Waals surface area contributed by atoms with Gasteiger partial charge in [-0.15, -0.1) is 0 Å². The molecular formula is C16H20FN3O. The molecule has 21 heavy (non-hydrogen) atoms. The van der Waals surface area contributed by atoms with Crippen LogP contribution in [0.15, 0.2) is 42.7 Å². The van der Waals surface area contributed by atoms with E-state index in [0.29, 0.717) is 12.0 Å². The van der Waals surface area contributed by atoms with Crippen LogP contribution in [0, 0.1) is 5.82 Å². The van der Waals surface area contributed by atoms with Crippen molar-refractivity contribution in [3.8, 4) is 5.75 Å². The van der Waals surface area contributed by atoms with Crippen molar-refractivity contribution in [3.05, 3.63) is 59.7 Å². The first kappa shape index (κ1) is 15.4. The summed E-state index contributed by atoms with van der Waals surface area (Å²) in [5.74, 6) is 5.54. The lowest BCUT2D eigenvalue weighted by molar-refractivity contribution is 0.381. The third kappa shape index (κ3) is 4.24. The Bertz CT molecular complexity index is 563. The van der Waals surface area contributed by atoms with Gasteiger partial charge in [-0.3, -0.25) is 16.3 Å². The lowest BCUT2D eigenvalue weighted by atomic mass is 9.99. The number of rotatable bonds is 7. The number of benzene rings is 1. The summed E-state index contributed by atoms with van der Waals surface area (Å²) in [7, 11) is 1.46. The lowest BCUT2D eigenvalue weighted by Crippen LogP contribution is -2.37. The highest BCUT2D eigenvalue weighted by atomic mass is 19.1. The van der Waals surface area contributed by atoms with Gasteiger partial charge < -0.3 is 4.74 Å². The van der Waals surface area contributed by atoms with Gasteiger partial charge in [0.15, 0.2) is 11.6 Å². The summed E-state index contributed by atoms with van der Waals surface area (Å²) < 4.78 is 19.1. The van der Waals surface area contributed by atoms with Crippen molar-refractivity contribution in [2.24, 2.45) is 5.84 Å². The van der Waals surface area contributed by atoms with Crippen molar-refractivity contribution >= 4 is 0 Å². The summed E-state index contributed by atoms with van der Waals surface area (Å²) in [6.45, 7) is 0. The monoisotopic (exact) mass is 289 g/mol. The fraction of sp³-hybridized carbons (Fsp3) is 0.312. The van der Waals surface area contributed by atoms with E-state index in [1.54, 1.807) is 30.6 Å². The van der Waals surface area contributed by atoms with Gasteiger partial charge in [-0.25, -0.2) is 4.39 Å². The summed E-state index contributed by atoms with van der Waals surface area (Å²) in [6, 6.07) is 9.10. The fourth-order valence-corrected chi connectivity index (χ4v) is 2.27. The average Bonchev–Trinajstić information content (AvgIpc) is 2.54. The number of aromatic nitrogens is 1. The van der Waals surface area contributed by atoms with Crippen molar-refractivity contribution in [2.45, 2.75) is 25.3 Å². The van der Waals surface area contributed by atoms with Crippen LogP contribution in [-0.4, -0.2) is 18.1 Å². The number of aryl methyl sites for hydroxylation is 1. The molecule has 0 fully saturated rings. The van der Waals surface area contributed by atoms with Gasteiger partial charge >= 0.3 is 0 Å². The minimum atomic E-state index is -0.316. The molecule has 1 aromatic heterocycles. The minimum absolute atomic E-state index is 0.000212. The van der Waals surface area contributed by atoms with Crippen LogP contribution in [0.25, 0.3) is 0 Å². The number of ether oxygens (including phenoxy) is 1. The molecule has 0 radical (unpaired) electrons. The number of hydrazine groups is 1. The highest BCUT2D eigenvalue weighted by Gasteiger charge is 2.14. The molecule has 3 N–H and O–H groups in total. The number of methoxy groups -OCH3 is 1. The van der Waals surface area contributed by atoms with Crippen LogP contribution in [0.2, 0.25) is 0 Å². The highest BCUT2D eigenvalue weighted by molar-refractivity contribution is 5.31. The molecule has 1 aromatic carbocycles. The number of hydrogen-bond donors (Lipinski definition) is 2. The van der Waals surface area contributed by atoms with Gasteiger partial charge in [0.1, 0.15) is 0 Å². The van der Waals surface area contributed by atoms with Crippen molar-refractivity contribution in [2.75, 3.05) is 7.11 Å². The molecule has 1 heterocycles. The lowest BCUT2D eigenvalue weighted by Gasteiger charge is -2.17. The van der Waals surface area contributed by atoms with Gasteiger partial charge in [0, 0.05) is 18.4 Å². The van der Waals surface area contributed by atoms with Crippen LogP contribution in [0.4, 0.5) is 4.39 Å². The molecule has 2 rings (SSSR count). The maximum atomic E-state index is 14.1. The quantitative estimate of drug-likeness (QED) is 0.606. The van der Waals surface area contributed by atoms with E-state index in [0.717, 1.165) is 12.8 Å². The molecule has 0 aliphatic carbocycles. The molecule has 0 aliphatic heterocycles. The molecule has 0 aliphatic rings. The Morgan fingerprint density at radius 1 is 1.29 bits per heavy atom. The normalized spacial score (nSPS) is 12.1. The zero-order valence-corrected chi connectivity index (χ0v) is 12.1. The Balaban J connectivity index is 1.99. The number of pyridine rings is 1. The number of nitrogens with zero attached hydrogens (tertiary/aromatic N) is 1.